The summed E-state index contributed by atoms with van der Waals surface area (Å²) in [4.78, 5) is 15.4. The van der Waals surface area contributed by atoms with Gasteiger partial charge in [0.15, 0.2) is 11.6 Å². The van der Waals surface area contributed by atoms with Crippen LogP contribution in [0.5, 0.6) is 0 Å². The van der Waals surface area contributed by atoms with Gasteiger partial charge < -0.3 is 14.3 Å². The second-order valence-electron chi connectivity index (χ2n) is 8.85. The van der Waals surface area contributed by atoms with Gasteiger partial charge in [-0.3, -0.25) is 9.69 Å². The quantitative estimate of drug-likeness (QED) is 0.639. The number of hydrogen-bond acceptors (Lipinski definition) is 5. The van der Waals surface area contributed by atoms with Crippen molar-refractivity contribution in [1.82, 2.24) is 25.0 Å². The Balaban J connectivity index is 1.24. The molecule has 4 heterocycles. The van der Waals surface area contributed by atoms with Crippen molar-refractivity contribution in [2.75, 3.05) is 13.1 Å². The Morgan fingerprint density at radius 3 is 2.72 bits per heavy atom. The van der Waals surface area contributed by atoms with Crippen LogP contribution in [0.15, 0.2) is 40.8 Å². The van der Waals surface area contributed by atoms with Gasteiger partial charge in [-0.2, -0.15) is 0 Å². The number of likely N-dealkylation sites (tertiary alicyclic amines) is 1. The number of carbonyl (C=O) groups is 1. The van der Waals surface area contributed by atoms with Gasteiger partial charge >= 0.3 is 0 Å². The Kier molecular flexibility index (Phi) is 6.08. The van der Waals surface area contributed by atoms with Gasteiger partial charge in [0.05, 0.1) is 0 Å². The van der Waals surface area contributed by atoms with Gasteiger partial charge in [0, 0.05) is 43.1 Å². The lowest BCUT2D eigenvalue weighted by molar-refractivity contribution is 0.0903. The molecule has 2 aromatic heterocycles. The van der Waals surface area contributed by atoms with Crippen LogP contribution in [-0.2, 0) is 25.9 Å². The number of hydrogen-bond donors (Lipinski definition) is 1. The van der Waals surface area contributed by atoms with Crippen LogP contribution in [0.2, 0.25) is 0 Å². The zero-order valence-electron chi connectivity index (χ0n) is 18.7. The van der Waals surface area contributed by atoms with Gasteiger partial charge in [-0.15, -0.1) is 10.2 Å². The zero-order valence-corrected chi connectivity index (χ0v) is 18.7. The highest BCUT2D eigenvalue weighted by Crippen LogP contribution is 2.24. The fourth-order valence-corrected chi connectivity index (χ4v) is 4.88. The Bertz CT molecular complexity index is 1070. The number of fused-ring (bicyclic) bond motifs is 1. The number of carbonyl (C=O) groups excluding carboxylic acids is 1. The fourth-order valence-electron chi connectivity index (χ4n) is 4.88. The maximum Gasteiger partial charge on any atom is 0.287 e. The minimum Gasteiger partial charge on any atom is -0.456 e. The largest absolute Gasteiger partial charge is 0.456 e. The summed E-state index contributed by atoms with van der Waals surface area (Å²) in [5.41, 5.74) is 2.22. The third-order valence-electron chi connectivity index (χ3n) is 6.65. The summed E-state index contributed by atoms with van der Waals surface area (Å²) >= 11 is 0. The van der Waals surface area contributed by atoms with Crippen LogP contribution in [0, 0.1) is 0 Å². The van der Waals surface area contributed by atoms with Gasteiger partial charge in [0.1, 0.15) is 11.6 Å². The summed E-state index contributed by atoms with van der Waals surface area (Å²) in [7, 11) is 0. The van der Waals surface area contributed by atoms with E-state index in [0.717, 1.165) is 80.4 Å². The lowest BCUT2D eigenvalue weighted by Crippen LogP contribution is -2.35. The molecule has 7 heteroatoms. The molecule has 0 spiro atoms. The van der Waals surface area contributed by atoms with Crippen LogP contribution in [0.1, 0.15) is 60.3 Å². The minimum absolute atomic E-state index is 0.0880. The van der Waals surface area contributed by atoms with Crippen molar-refractivity contribution in [1.29, 1.82) is 0 Å². The molecule has 7 nitrogen and oxygen atoms in total. The van der Waals surface area contributed by atoms with E-state index < -0.39 is 0 Å². The molecule has 0 saturated carbocycles. The maximum atomic E-state index is 13.0. The third kappa shape index (κ3) is 4.35. The van der Waals surface area contributed by atoms with Crippen LogP contribution in [-0.4, -0.2) is 44.7 Å². The summed E-state index contributed by atoms with van der Waals surface area (Å²) in [5.74, 6) is 3.14. The molecule has 1 unspecified atom stereocenters. The van der Waals surface area contributed by atoms with E-state index in [4.69, 9.17) is 4.42 Å². The highest BCUT2D eigenvalue weighted by Gasteiger charge is 2.25. The number of nitrogens with zero attached hydrogens (tertiary/aromatic N) is 4. The van der Waals surface area contributed by atoms with Crippen molar-refractivity contribution in [3.05, 3.63) is 59.3 Å². The topological polar surface area (TPSA) is 76.2 Å². The van der Waals surface area contributed by atoms with Crippen LogP contribution < -0.4 is 5.32 Å². The number of aryl methyl sites for hydroxylation is 2. The highest BCUT2D eigenvalue weighted by molar-refractivity contribution is 5.92. The lowest BCUT2D eigenvalue weighted by Gasteiger charge is -2.15. The van der Waals surface area contributed by atoms with Gasteiger partial charge in [-0.25, -0.2) is 0 Å². The Morgan fingerprint density at radius 1 is 1.12 bits per heavy atom. The summed E-state index contributed by atoms with van der Waals surface area (Å²) in [6.07, 6.45) is 5.81. The van der Waals surface area contributed by atoms with Crippen molar-refractivity contribution >= 4 is 5.91 Å². The van der Waals surface area contributed by atoms with Gasteiger partial charge in [0.25, 0.3) is 5.91 Å². The van der Waals surface area contributed by atoms with Crippen molar-refractivity contribution in [3.8, 4) is 11.4 Å². The zero-order chi connectivity index (χ0) is 21.9. The minimum atomic E-state index is -0.113. The average Bonchev–Trinajstić information content (AvgIpc) is 3.54. The first-order valence-corrected chi connectivity index (χ1v) is 11.8. The fraction of sp³-hybridized carbons (Fsp3) is 0.480. The molecule has 1 fully saturated rings. The second-order valence-corrected chi connectivity index (χ2v) is 8.85. The first-order valence-electron chi connectivity index (χ1n) is 11.8. The predicted molar refractivity (Wildman–Crippen MR) is 122 cm³/mol. The molecule has 0 bridgehead atoms. The second kappa shape index (κ2) is 9.28. The number of furan rings is 1. The van der Waals surface area contributed by atoms with E-state index in [2.05, 4.69) is 44.0 Å². The molecule has 2 aliphatic rings. The van der Waals surface area contributed by atoms with E-state index in [1.807, 2.05) is 24.3 Å². The highest BCUT2D eigenvalue weighted by atomic mass is 16.4. The number of nitrogens with one attached hydrogen (secondary N) is 1. The number of aromatic nitrogens is 3. The van der Waals surface area contributed by atoms with Crippen LogP contribution >= 0.6 is 0 Å². The Morgan fingerprint density at radius 2 is 1.94 bits per heavy atom. The van der Waals surface area contributed by atoms with Crippen molar-refractivity contribution in [3.63, 3.8) is 0 Å². The SMILES string of the molecule is CCc1oc(C(=O)NC2CCc3nnc(-c4ccccc4)n3CC2)cc1CN1CCCC1. The van der Waals surface area contributed by atoms with E-state index in [-0.39, 0.29) is 11.9 Å². The summed E-state index contributed by atoms with van der Waals surface area (Å²) in [5, 5.41) is 12.0. The van der Waals surface area contributed by atoms with E-state index in [9.17, 15) is 4.79 Å². The van der Waals surface area contributed by atoms with Crippen LogP contribution in [0.25, 0.3) is 11.4 Å². The maximum absolute atomic E-state index is 13.0. The number of benzene rings is 1. The van der Waals surface area contributed by atoms with Gasteiger partial charge in [-0.05, 0) is 44.8 Å². The molecule has 0 aliphatic carbocycles. The number of amides is 1. The van der Waals surface area contributed by atoms with E-state index in [0.29, 0.717) is 5.76 Å². The molecular weight excluding hydrogens is 402 g/mol. The predicted octanol–water partition coefficient (Wildman–Crippen LogP) is 3.83. The van der Waals surface area contributed by atoms with Crippen molar-refractivity contribution < 1.29 is 9.21 Å². The Labute approximate surface area is 188 Å². The molecule has 5 rings (SSSR count). The van der Waals surface area contributed by atoms with Crippen LogP contribution in [0.3, 0.4) is 0 Å². The molecule has 32 heavy (non-hydrogen) atoms. The average molecular weight is 434 g/mol. The molecule has 168 valence electrons. The summed E-state index contributed by atoms with van der Waals surface area (Å²) < 4.78 is 8.16. The number of rotatable bonds is 6. The molecule has 3 aromatic rings. The van der Waals surface area contributed by atoms with Crippen molar-refractivity contribution in [2.45, 2.75) is 64.6 Å². The van der Waals surface area contributed by atoms with Gasteiger partial charge in [-0.1, -0.05) is 37.3 Å². The molecule has 1 atom stereocenters. The smallest absolute Gasteiger partial charge is 0.287 e. The first-order chi connectivity index (χ1) is 15.7. The van der Waals surface area contributed by atoms with Gasteiger partial charge in [0.2, 0.25) is 0 Å². The molecule has 1 saturated heterocycles. The van der Waals surface area contributed by atoms with Crippen molar-refractivity contribution in [2.24, 2.45) is 0 Å². The molecule has 1 amide bonds. The molecule has 0 radical (unpaired) electrons. The standard InChI is InChI=1S/C25H31N5O2/c1-2-21-19(17-29-13-6-7-14-29)16-22(32-21)25(31)26-20-10-11-23-27-28-24(30(23)15-12-20)18-8-4-3-5-9-18/h3-5,8-9,16,20H,2,6-7,10-15,17H2,1H3,(H,26,31). The molecule has 1 aromatic carbocycles. The normalized spacial score (nSPS) is 19.0. The van der Waals surface area contributed by atoms with E-state index in [1.165, 1.54) is 12.8 Å². The summed E-state index contributed by atoms with van der Waals surface area (Å²) in [6.45, 7) is 6.01. The Hall–Kier alpha value is -2.93. The van der Waals surface area contributed by atoms with Crippen LogP contribution in [0.4, 0.5) is 0 Å². The summed E-state index contributed by atoms with van der Waals surface area (Å²) in [6, 6.07) is 12.2. The first kappa shape index (κ1) is 20.9. The molecular formula is C25H31N5O2. The molecule has 1 N–H and O–H groups in total. The third-order valence-corrected chi connectivity index (χ3v) is 6.65. The van der Waals surface area contributed by atoms with E-state index in [1.54, 1.807) is 0 Å². The molecule has 2 aliphatic heterocycles. The monoisotopic (exact) mass is 433 g/mol. The lowest BCUT2D eigenvalue weighted by atomic mass is 10.1. The van der Waals surface area contributed by atoms with E-state index >= 15 is 0 Å².